The third kappa shape index (κ3) is 5.72. The predicted octanol–water partition coefficient (Wildman–Crippen LogP) is 1.14. The summed E-state index contributed by atoms with van der Waals surface area (Å²) in [5.41, 5.74) is 0. The van der Waals surface area contributed by atoms with Gasteiger partial charge in [-0.2, -0.15) is 0 Å². The molecular weight excluding hydrogens is 270 g/mol. The number of ether oxygens (including phenoxy) is 1. The van der Waals surface area contributed by atoms with Crippen LogP contribution in [0.15, 0.2) is 5.28 Å². The van der Waals surface area contributed by atoms with Crippen LogP contribution in [0.3, 0.4) is 0 Å². The monoisotopic (exact) mass is 291 g/mol. The summed E-state index contributed by atoms with van der Waals surface area (Å²) < 4.78 is 4.73. The van der Waals surface area contributed by atoms with Crippen molar-refractivity contribution in [3.63, 3.8) is 0 Å². The minimum absolute atomic E-state index is 0.00900. The molecule has 0 bridgehead atoms. The van der Waals surface area contributed by atoms with Crippen LogP contribution < -0.4 is 0 Å². The molecule has 0 aliphatic carbocycles. The first-order chi connectivity index (χ1) is 9.20. The van der Waals surface area contributed by atoms with Crippen molar-refractivity contribution in [2.75, 3.05) is 7.05 Å². The Morgan fingerprint density at radius 1 is 1.40 bits per heavy atom. The van der Waals surface area contributed by atoms with Gasteiger partial charge >= 0.3 is 11.9 Å². The number of carbonyl (C=O) groups excluding carboxylic acids is 1. The van der Waals surface area contributed by atoms with Gasteiger partial charge in [-0.05, 0) is 5.92 Å². The van der Waals surface area contributed by atoms with Gasteiger partial charge in [-0.3, -0.25) is 9.63 Å². The van der Waals surface area contributed by atoms with E-state index < -0.39 is 24.3 Å². The van der Waals surface area contributed by atoms with Crippen LogP contribution in [-0.4, -0.2) is 46.4 Å². The van der Waals surface area contributed by atoms with Crippen molar-refractivity contribution in [1.29, 1.82) is 0 Å². The van der Waals surface area contributed by atoms with Crippen molar-refractivity contribution < 1.29 is 29.2 Å². The van der Waals surface area contributed by atoms with Gasteiger partial charge < -0.3 is 15.1 Å². The van der Waals surface area contributed by atoms with Crippen molar-refractivity contribution in [3.05, 3.63) is 5.21 Å². The highest BCUT2D eigenvalue weighted by Crippen LogP contribution is 2.10. The van der Waals surface area contributed by atoms with Crippen molar-refractivity contribution in [2.24, 2.45) is 11.2 Å². The summed E-state index contributed by atoms with van der Waals surface area (Å²) in [6, 6.07) is -1.05. The van der Waals surface area contributed by atoms with Gasteiger partial charge in [0.15, 0.2) is 6.04 Å². The molecule has 1 N–H and O–H groups in total. The number of nitrogens with zero attached hydrogens (tertiary/aromatic N) is 3. The van der Waals surface area contributed by atoms with Crippen LogP contribution in [0.2, 0.25) is 0 Å². The van der Waals surface area contributed by atoms with E-state index in [-0.39, 0.29) is 17.3 Å². The highest BCUT2D eigenvalue weighted by atomic mass is 16.8. The first kappa shape index (κ1) is 17.9. The second-order valence-corrected chi connectivity index (χ2v) is 4.45. The van der Waals surface area contributed by atoms with E-state index in [2.05, 4.69) is 10.1 Å². The van der Waals surface area contributed by atoms with Crippen molar-refractivity contribution in [3.8, 4) is 0 Å². The average Bonchev–Trinajstić information content (AvgIpc) is 2.34. The lowest BCUT2D eigenvalue weighted by molar-refractivity contribution is -0.713. The molecule has 20 heavy (non-hydrogen) atoms. The molecular formula is C11H21N3O6. The summed E-state index contributed by atoms with van der Waals surface area (Å²) in [5, 5.41) is 24.7. The van der Waals surface area contributed by atoms with Gasteiger partial charge in [0.05, 0.1) is 12.0 Å². The third-order valence-electron chi connectivity index (χ3n) is 2.41. The number of carboxylic acid groups (broad SMARTS) is 1. The molecule has 116 valence electrons. The maximum atomic E-state index is 11.6. The zero-order valence-electron chi connectivity index (χ0n) is 12.3. The summed E-state index contributed by atoms with van der Waals surface area (Å²) in [5.74, 6) is -1.95. The lowest BCUT2D eigenvalue weighted by atomic mass is 10.1. The van der Waals surface area contributed by atoms with E-state index in [0.717, 1.165) is 5.01 Å². The molecule has 0 rings (SSSR count). The highest BCUT2D eigenvalue weighted by Gasteiger charge is 2.32. The van der Waals surface area contributed by atoms with Crippen LogP contribution in [0.4, 0.5) is 0 Å². The number of hydrazine groups is 1. The number of aliphatic carboxylic acids is 1. The topological polar surface area (TPSA) is 114 Å². The summed E-state index contributed by atoms with van der Waals surface area (Å²) in [6.45, 7) is 6.33. The predicted molar refractivity (Wildman–Crippen MR) is 67.0 cm³/mol. The fourth-order valence-electron chi connectivity index (χ4n) is 1.44. The largest absolute Gasteiger partial charge is 0.569 e. The van der Waals surface area contributed by atoms with E-state index in [0.29, 0.717) is 0 Å². The molecule has 0 amide bonds. The number of carboxylic acids is 1. The number of rotatable bonds is 8. The maximum Gasteiger partial charge on any atom is 0.332 e. The van der Waals surface area contributed by atoms with Crippen LogP contribution in [0, 0.1) is 11.1 Å². The Labute approximate surface area is 117 Å². The third-order valence-corrected chi connectivity index (χ3v) is 2.41. The second kappa shape index (κ2) is 8.18. The normalized spacial score (nSPS) is 14.6. The van der Waals surface area contributed by atoms with Crippen LogP contribution in [0.5, 0.6) is 0 Å². The van der Waals surface area contributed by atoms with Gasteiger partial charge in [-0.1, -0.05) is 20.8 Å². The van der Waals surface area contributed by atoms with Crippen LogP contribution in [0.25, 0.3) is 0 Å². The maximum absolute atomic E-state index is 11.6. The molecule has 0 aromatic heterocycles. The molecule has 9 nitrogen and oxygen atoms in total. The molecule has 0 fully saturated rings. The molecule has 0 saturated heterocycles. The summed E-state index contributed by atoms with van der Waals surface area (Å²) in [4.78, 5) is 26.7. The lowest BCUT2D eigenvalue weighted by Gasteiger charge is -2.23. The molecule has 0 aliphatic rings. The van der Waals surface area contributed by atoms with Crippen LogP contribution in [0.1, 0.15) is 34.1 Å². The fourth-order valence-corrected chi connectivity index (χ4v) is 1.44. The summed E-state index contributed by atoms with van der Waals surface area (Å²) in [7, 11) is 1.28. The lowest BCUT2D eigenvalue weighted by Crippen LogP contribution is -2.45. The molecule has 0 radical (unpaired) electrons. The Morgan fingerprint density at radius 2 is 1.95 bits per heavy atom. The molecule has 0 aromatic rings. The van der Waals surface area contributed by atoms with E-state index >= 15 is 0 Å². The molecule has 2 atom stereocenters. The minimum atomic E-state index is -1.15. The SMILES string of the molecule is CCC(=O)OC(C)ON=[N+]([O-])N(C)[C@H](C(=O)O)C(C)C. The van der Waals surface area contributed by atoms with E-state index in [1.807, 2.05) is 0 Å². The molecule has 1 unspecified atom stereocenters. The van der Waals surface area contributed by atoms with Gasteiger partial charge in [0, 0.05) is 13.3 Å². The van der Waals surface area contributed by atoms with Crippen molar-refractivity contribution >= 4 is 11.9 Å². The van der Waals surface area contributed by atoms with E-state index in [4.69, 9.17) is 9.84 Å². The number of carbonyl (C=O) groups is 2. The van der Waals surface area contributed by atoms with Crippen LogP contribution >= 0.6 is 0 Å². The summed E-state index contributed by atoms with van der Waals surface area (Å²) in [6.07, 6.45) is -0.863. The van der Waals surface area contributed by atoms with Crippen molar-refractivity contribution in [1.82, 2.24) is 5.01 Å². The number of hydrogen-bond acceptors (Lipinski definition) is 6. The van der Waals surface area contributed by atoms with Gasteiger partial charge in [-0.25, -0.2) is 4.79 Å². The number of hydrogen-bond donors (Lipinski definition) is 1. The Bertz CT molecular complexity index is 371. The first-order valence-corrected chi connectivity index (χ1v) is 6.19. The zero-order valence-corrected chi connectivity index (χ0v) is 12.3. The van der Waals surface area contributed by atoms with E-state index in [9.17, 15) is 14.8 Å². The molecule has 9 heteroatoms. The van der Waals surface area contributed by atoms with Gasteiger partial charge in [-0.15, -0.1) is 5.01 Å². The van der Waals surface area contributed by atoms with Gasteiger partial charge in [0.2, 0.25) is 5.28 Å². The Kier molecular flexibility index (Phi) is 7.34. The minimum Gasteiger partial charge on any atom is -0.569 e. The fraction of sp³-hybridized carbons (Fsp3) is 0.818. The molecule has 0 aliphatic heterocycles. The molecule has 0 saturated carbocycles. The zero-order chi connectivity index (χ0) is 15.9. The van der Waals surface area contributed by atoms with Gasteiger partial charge in [0.25, 0.3) is 6.29 Å². The van der Waals surface area contributed by atoms with Crippen LogP contribution in [-0.2, 0) is 19.2 Å². The first-order valence-electron chi connectivity index (χ1n) is 6.19. The second-order valence-electron chi connectivity index (χ2n) is 4.45. The van der Waals surface area contributed by atoms with Gasteiger partial charge in [0.1, 0.15) is 0 Å². The standard InChI is InChI=1S/C11H21N3O6/c1-6-9(15)19-8(4)20-12-14(18)13(5)10(7(2)3)11(16)17/h7-8,10H,6H2,1-5H3,(H,16,17)/t8?,10-/m0/s1. The highest BCUT2D eigenvalue weighted by molar-refractivity contribution is 5.73. The molecule has 0 aromatic carbocycles. The number of likely N-dealkylation sites (N-methyl/N-ethyl adjacent to an activating group) is 1. The van der Waals surface area contributed by atoms with E-state index in [1.54, 1.807) is 20.8 Å². The quantitative estimate of drug-likeness (QED) is 0.234. The Balaban J connectivity index is 4.63. The Hall–Kier alpha value is -2.06. The van der Waals surface area contributed by atoms with E-state index in [1.165, 1.54) is 14.0 Å². The molecule has 0 spiro atoms. The summed E-state index contributed by atoms with van der Waals surface area (Å²) >= 11 is 0. The average molecular weight is 291 g/mol. The number of esters is 1. The molecule has 0 heterocycles. The van der Waals surface area contributed by atoms with Crippen molar-refractivity contribution in [2.45, 2.75) is 46.4 Å². The smallest absolute Gasteiger partial charge is 0.332 e. The Morgan fingerprint density at radius 3 is 2.35 bits per heavy atom.